The predicted molar refractivity (Wildman–Crippen MR) is 96.6 cm³/mol. The third kappa shape index (κ3) is 2.98. The molecule has 4 rings (SSSR count). The summed E-state index contributed by atoms with van der Waals surface area (Å²) in [5.74, 6) is 0.159. The molecule has 136 valence electrons. The van der Waals surface area contributed by atoms with E-state index in [4.69, 9.17) is 0 Å². The molecule has 1 atom stereocenters. The molecule has 1 aromatic rings. The van der Waals surface area contributed by atoms with Gasteiger partial charge in [-0.05, 0) is 44.2 Å². The zero-order valence-corrected chi connectivity index (χ0v) is 15.4. The van der Waals surface area contributed by atoms with Crippen LogP contribution in [0.25, 0.3) is 0 Å². The summed E-state index contributed by atoms with van der Waals surface area (Å²) in [6, 6.07) is 1.98. The van der Waals surface area contributed by atoms with Gasteiger partial charge in [-0.25, -0.2) is 0 Å². The lowest BCUT2D eigenvalue weighted by molar-refractivity contribution is -0.139. The van der Waals surface area contributed by atoms with Gasteiger partial charge in [0.05, 0.1) is 29.8 Å². The van der Waals surface area contributed by atoms with Gasteiger partial charge in [0.1, 0.15) is 0 Å². The van der Waals surface area contributed by atoms with Gasteiger partial charge in [-0.2, -0.15) is 11.3 Å². The maximum absolute atomic E-state index is 12.6. The Morgan fingerprint density at radius 3 is 2.76 bits per heavy atom. The minimum Gasteiger partial charge on any atom is -0.389 e. The number of thiophene rings is 1. The average molecular weight is 363 g/mol. The molecule has 3 fully saturated rings. The molecular weight excluding hydrogens is 338 g/mol. The summed E-state index contributed by atoms with van der Waals surface area (Å²) < 4.78 is 0. The van der Waals surface area contributed by atoms with Crippen LogP contribution in [0.4, 0.5) is 5.69 Å². The summed E-state index contributed by atoms with van der Waals surface area (Å²) in [6.45, 7) is 2.33. The van der Waals surface area contributed by atoms with Crippen molar-refractivity contribution in [2.24, 2.45) is 0 Å². The second-order valence-corrected chi connectivity index (χ2v) is 8.64. The minimum absolute atomic E-state index is 0.0476. The van der Waals surface area contributed by atoms with E-state index < -0.39 is 5.60 Å². The third-order valence-electron chi connectivity index (χ3n) is 6.20. The topological polar surface area (TPSA) is 64.1 Å². The van der Waals surface area contributed by atoms with Crippen LogP contribution in [-0.4, -0.2) is 71.1 Å². The maximum atomic E-state index is 12.6. The third-order valence-corrected chi connectivity index (χ3v) is 6.87. The van der Waals surface area contributed by atoms with E-state index in [0.717, 1.165) is 31.4 Å². The van der Waals surface area contributed by atoms with Gasteiger partial charge < -0.3 is 14.9 Å². The van der Waals surface area contributed by atoms with Crippen LogP contribution in [0.15, 0.2) is 16.8 Å². The van der Waals surface area contributed by atoms with Gasteiger partial charge in [-0.3, -0.25) is 14.5 Å². The molecule has 25 heavy (non-hydrogen) atoms. The Kier molecular flexibility index (Phi) is 4.13. The lowest BCUT2D eigenvalue weighted by Gasteiger charge is -2.46. The van der Waals surface area contributed by atoms with Gasteiger partial charge in [0.2, 0.25) is 11.8 Å². The average Bonchev–Trinajstić information content (AvgIpc) is 3.20. The molecule has 2 amide bonds. The van der Waals surface area contributed by atoms with Crippen LogP contribution < -0.4 is 4.90 Å². The molecule has 7 heteroatoms. The van der Waals surface area contributed by atoms with Crippen molar-refractivity contribution in [1.29, 1.82) is 0 Å². The van der Waals surface area contributed by atoms with Crippen LogP contribution in [0.2, 0.25) is 0 Å². The van der Waals surface area contributed by atoms with Crippen molar-refractivity contribution < 1.29 is 14.7 Å². The van der Waals surface area contributed by atoms with E-state index >= 15 is 0 Å². The normalized spacial score (nSPS) is 29.3. The smallest absolute Gasteiger partial charge is 0.241 e. The first-order chi connectivity index (χ1) is 11.9. The lowest BCUT2D eigenvalue weighted by Crippen LogP contribution is -2.64. The van der Waals surface area contributed by atoms with Gasteiger partial charge in [0, 0.05) is 25.0 Å². The van der Waals surface area contributed by atoms with Crippen LogP contribution in [0.5, 0.6) is 0 Å². The number of rotatable bonds is 3. The molecule has 1 aliphatic carbocycles. The van der Waals surface area contributed by atoms with Crippen molar-refractivity contribution >= 4 is 28.8 Å². The summed E-state index contributed by atoms with van der Waals surface area (Å²) in [5, 5.41) is 14.3. The van der Waals surface area contributed by atoms with E-state index in [1.165, 1.54) is 0 Å². The van der Waals surface area contributed by atoms with Crippen molar-refractivity contribution in [2.75, 3.05) is 38.1 Å². The zero-order valence-electron chi connectivity index (χ0n) is 14.6. The number of nitrogens with zero attached hydrogens (tertiary/aromatic N) is 3. The summed E-state index contributed by atoms with van der Waals surface area (Å²) in [5.41, 5.74) is -0.00594. The van der Waals surface area contributed by atoms with E-state index in [2.05, 4.69) is 4.90 Å². The highest BCUT2D eigenvalue weighted by Crippen LogP contribution is 2.37. The number of hydrogen-bond acceptors (Lipinski definition) is 5. The molecule has 6 nitrogen and oxygen atoms in total. The molecule has 1 aromatic heterocycles. The van der Waals surface area contributed by atoms with E-state index in [1.54, 1.807) is 11.3 Å². The number of likely N-dealkylation sites (tertiary alicyclic amines) is 1. The zero-order chi connectivity index (χ0) is 17.7. The molecule has 3 aliphatic rings. The van der Waals surface area contributed by atoms with Crippen molar-refractivity contribution in [3.8, 4) is 0 Å². The van der Waals surface area contributed by atoms with Crippen molar-refractivity contribution in [1.82, 2.24) is 9.80 Å². The van der Waals surface area contributed by atoms with Gasteiger partial charge in [-0.15, -0.1) is 0 Å². The number of likely N-dealkylation sites (N-methyl/N-ethyl adjacent to an activating group) is 1. The monoisotopic (exact) mass is 363 g/mol. The molecule has 0 aromatic carbocycles. The molecule has 1 unspecified atom stereocenters. The van der Waals surface area contributed by atoms with E-state index in [1.807, 2.05) is 33.7 Å². The maximum Gasteiger partial charge on any atom is 0.241 e. The van der Waals surface area contributed by atoms with Crippen molar-refractivity contribution in [2.45, 2.75) is 43.2 Å². The van der Waals surface area contributed by atoms with Gasteiger partial charge in [-0.1, -0.05) is 0 Å². The Labute approximate surface area is 152 Å². The first kappa shape index (κ1) is 17.0. The highest BCUT2D eigenvalue weighted by atomic mass is 32.1. The number of hydrogen-bond donors (Lipinski definition) is 1. The fourth-order valence-corrected chi connectivity index (χ4v) is 4.91. The number of amides is 2. The van der Waals surface area contributed by atoms with Gasteiger partial charge >= 0.3 is 0 Å². The molecule has 1 saturated carbocycles. The Morgan fingerprint density at radius 1 is 1.32 bits per heavy atom. The fraction of sp³-hybridized carbons (Fsp3) is 0.667. The van der Waals surface area contributed by atoms with Crippen LogP contribution >= 0.6 is 11.3 Å². The van der Waals surface area contributed by atoms with E-state index in [9.17, 15) is 14.7 Å². The van der Waals surface area contributed by atoms with Gasteiger partial charge in [0.25, 0.3) is 0 Å². The lowest BCUT2D eigenvalue weighted by atomic mass is 9.77. The van der Waals surface area contributed by atoms with E-state index in [-0.39, 0.29) is 23.8 Å². The quantitative estimate of drug-likeness (QED) is 0.879. The van der Waals surface area contributed by atoms with Crippen LogP contribution in [-0.2, 0) is 9.59 Å². The molecule has 0 bridgehead atoms. The predicted octanol–water partition coefficient (Wildman–Crippen LogP) is 1.30. The molecular formula is C18H25N3O3S. The number of carbonyl (C=O) groups excluding carboxylic acids is 2. The van der Waals surface area contributed by atoms with Crippen molar-refractivity contribution in [3.05, 3.63) is 16.8 Å². The Balaban J connectivity index is 1.47. The number of carbonyl (C=O) groups is 2. The molecule has 1 N–H and O–H groups in total. The highest BCUT2D eigenvalue weighted by Gasteiger charge is 2.49. The number of aliphatic hydroxyl groups is 1. The molecule has 2 saturated heterocycles. The number of piperazine rings is 1. The fourth-order valence-electron chi connectivity index (χ4n) is 4.27. The largest absolute Gasteiger partial charge is 0.389 e. The minimum atomic E-state index is -0.774. The molecule has 0 radical (unpaired) electrons. The van der Waals surface area contributed by atoms with Crippen LogP contribution in [0.3, 0.4) is 0 Å². The first-order valence-corrected chi connectivity index (χ1v) is 9.89. The second kappa shape index (κ2) is 6.07. The Bertz CT molecular complexity index is 673. The summed E-state index contributed by atoms with van der Waals surface area (Å²) in [7, 11) is 1.98. The second-order valence-electron chi connectivity index (χ2n) is 7.86. The Morgan fingerprint density at radius 2 is 2.12 bits per heavy atom. The summed E-state index contributed by atoms with van der Waals surface area (Å²) in [6.07, 6.45) is 3.58. The standard InChI is InChI=1S/C18H25N3O3S/c1-19-10-16(23)21(14-3-8-25-11-14)13-17(19)6-7-20(12-17)15(22)9-18(24)4-2-5-18/h3,8,11,24H,2,4-7,9-10,12-13H2,1H3. The SMILES string of the molecule is CN1CC(=O)N(c2ccsc2)CC12CCN(C(=O)CC1(O)CCC1)C2. The number of anilines is 1. The molecule has 1 spiro atoms. The molecule has 2 aliphatic heterocycles. The van der Waals surface area contributed by atoms with Crippen LogP contribution in [0.1, 0.15) is 32.1 Å². The summed E-state index contributed by atoms with van der Waals surface area (Å²) in [4.78, 5) is 31.0. The Hall–Kier alpha value is -1.44. The first-order valence-electron chi connectivity index (χ1n) is 8.95. The van der Waals surface area contributed by atoms with Crippen LogP contribution in [0, 0.1) is 0 Å². The summed E-state index contributed by atoms with van der Waals surface area (Å²) >= 11 is 1.59. The van der Waals surface area contributed by atoms with Gasteiger partial charge in [0.15, 0.2) is 0 Å². The molecule has 3 heterocycles. The van der Waals surface area contributed by atoms with E-state index in [0.29, 0.717) is 26.2 Å². The van der Waals surface area contributed by atoms with Crippen molar-refractivity contribution in [3.63, 3.8) is 0 Å². The highest BCUT2D eigenvalue weighted by molar-refractivity contribution is 7.08.